The van der Waals surface area contributed by atoms with Gasteiger partial charge in [0, 0.05) is 12.0 Å². The Morgan fingerprint density at radius 2 is 1.59 bits per heavy atom. The van der Waals surface area contributed by atoms with Crippen molar-refractivity contribution >= 4 is 5.57 Å². The zero-order valence-corrected chi connectivity index (χ0v) is 15.7. The lowest BCUT2D eigenvalue weighted by atomic mass is 9.78. The SMILES string of the molecule is CCCCCCc1ccc(C2(F)CC=C(F)C=C2c2ccc(F)cc2)cc1. The van der Waals surface area contributed by atoms with E-state index in [1.165, 1.54) is 61.2 Å². The maximum Gasteiger partial charge on any atom is 0.165 e. The minimum Gasteiger partial charge on any atom is -0.233 e. The minimum atomic E-state index is -1.83. The van der Waals surface area contributed by atoms with Crippen molar-refractivity contribution in [3.63, 3.8) is 0 Å². The second-order valence-electron chi connectivity index (χ2n) is 7.17. The van der Waals surface area contributed by atoms with Crippen LogP contribution in [-0.4, -0.2) is 0 Å². The average Bonchev–Trinajstić information content (AvgIpc) is 2.68. The van der Waals surface area contributed by atoms with Gasteiger partial charge in [-0.3, -0.25) is 0 Å². The molecule has 3 rings (SSSR count). The third kappa shape index (κ3) is 4.52. The molecule has 0 radical (unpaired) electrons. The Bertz CT molecular complexity index is 816. The number of benzene rings is 2. The van der Waals surface area contributed by atoms with Crippen LogP contribution in [0.3, 0.4) is 0 Å². The number of alkyl halides is 1. The summed E-state index contributed by atoms with van der Waals surface area (Å²) in [6, 6.07) is 13.0. The molecule has 0 heterocycles. The summed E-state index contributed by atoms with van der Waals surface area (Å²) in [5.41, 5.74) is 0.583. The van der Waals surface area contributed by atoms with Gasteiger partial charge in [-0.2, -0.15) is 0 Å². The zero-order chi connectivity index (χ0) is 19.3. The van der Waals surface area contributed by atoms with Gasteiger partial charge in [-0.1, -0.05) is 62.6 Å². The number of allylic oxidation sites excluding steroid dienone is 4. The van der Waals surface area contributed by atoms with Crippen molar-refractivity contribution in [2.24, 2.45) is 0 Å². The summed E-state index contributed by atoms with van der Waals surface area (Å²) in [4.78, 5) is 0. The van der Waals surface area contributed by atoms with E-state index >= 15 is 4.39 Å². The highest BCUT2D eigenvalue weighted by Gasteiger charge is 2.38. The highest BCUT2D eigenvalue weighted by molar-refractivity contribution is 5.77. The van der Waals surface area contributed by atoms with Crippen LogP contribution in [0.2, 0.25) is 0 Å². The lowest BCUT2D eigenvalue weighted by Gasteiger charge is -2.30. The van der Waals surface area contributed by atoms with Gasteiger partial charge >= 0.3 is 0 Å². The van der Waals surface area contributed by atoms with Gasteiger partial charge in [0.2, 0.25) is 0 Å². The number of hydrogen-bond acceptors (Lipinski definition) is 0. The fourth-order valence-electron chi connectivity index (χ4n) is 3.57. The van der Waals surface area contributed by atoms with Crippen LogP contribution in [0.5, 0.6) is 0 Å². The summed E-state index contributed by atoms with van der Waals surface area (Å²) in [6.45, 7) is 2.18. The van der Waals surface area contributed by atoms with E-state index in [9.17, 15) is 8.78 Å². The van der Waals surface area contributed by atoms with Crippen molar-refractivity contribution < 1.29 is 13.2 Å². The van der Waals surface area contributed by atoms with Crippen LogP contribution in [0.15, 0.2) is 66.5 Å². The second kappa shape index (κ2) is 8.60. The molecule has 0 aromatic heterocycles. The molecule has 27 heavy (non-hydrogen) atoms. The van der Waals surface area contributed by atoms with Crippen LogP contribution in [0.25, 0.3) is 5.57 Å². The summed E-state index contributed by atoms with van der Waals surface area (Å²) in [7, 11) is 0. The Morgan fingerprint density at radius 3 is 2.26 bits per heavy atom. The van der Waals surface area contributed by atoms with Crippen molar-refractivity contribution in [2.45, 2.75) is 51.1 Å². The van der Waals surface area contributed by atoms with Gasteiger partial charge in [0.15, 0.2) is 5.67 Å². The predicted octanol–water partition coefficient (Wildman–Crippen LogP) is 7.45. The number of rotatable bonds is 7. The Kier molecular flexibility index (Phi) is 6.20. The van der Waals surface area contributed by atoms with E-state index in [-0.39, 0.29) is 12.0 Å². The van der Waals surface area contributed by atoms with Gasteiger partial charge in [-0.25, -0.2) is 13.2 Å². The summed E-state index contributed by atoms with van der Waals surface area (Å²) < 4.78 is 43.1. The molecule has 3 heteroatoms. The number of hydrogen-bond donors (Lipinski definition) is 0. The molecule has 0 fully saturated rings. The maximum absolute atomic E-state index is 16.0. The molecule has 0 nitrogen and oxygen atoms in total. The molecule has 0 amide bonds. The fourth-order valence-corrected chi connectivity index (χ4v) is 3.57. The quantitative estimate of drug-likeness (QED) is 0.444. The van der Waals surface area contributed by atoms with Crippen molar-refractivity contribution in [1.29, 1.82) is 0 Å². The molecule has 1 aliphatic rings. The molecule has 142 valence electrons. The first-order valence-electron chi connectivity index (χ1n) is 9.65. The Labute approximate surface area is 159 Å². The normalized spacial score (nSPS) is 19.6. The molecule has 1 atom stereocenters. The molecule has 2 aromatic rings. The standard InChI is InChI=1S/C24H25F3/c1-2-3-4-5-6-18-7-11-20(12-8-18)24(27)16-15-22(26)17-23(24)19-9-13-21(25)14-10-19/h7-15,17H,2-6,16H2,1H3. The molecule has 1 aliphatic carbocycles. The summed E-state index contributed by atoms with van der Waals surface area (Å²) in [5.74, 6) is -0.863. The zero-order valence-electron chi connectivity index (χ0n) is 15.7. The van der Waals surface area contributed by atoms with E-state index < -0.39 is 17.3 Å². The first-order chi connectivity index (χ1) is 13.0. The molecule has 0 spiro atoms. The van der Waals surface area contributed by atoms with Crippen LogP contribution in [0.1, 0.15) is 55.7 Å². The highest BCUT2D eigenvalue weighted by atomic mass is 19.1. The van der Waals surface area contributed by atoms with Crippen molar-refractivity contribution in [3.05, 3.63) is 89.0 Å². The highest BCUT2D eigenvalue weighted by Crippen LogP contribution is 2.46. The van der Waals surface area contributed by atoms with Gasteiger partial charge in [-0.15, -0.1) is 0 Å². The van der Waals surface area contributed by atoms with Crippen molar-refractivity contribution in [2.75, 3.05) is 0 Å². The molecule has 0 saturated heterocycles. The van der Waals surface area contributed by atoms with Gasteiger partial charge < -0.3 is 0 Å². The van der Waals surface area contributed by atoms with Crippen LogP contribution in [0, 0.1) is 5.82 Å². The largest absolute Gasteiger partial charge is 0.233 e. The monoisotopic (exact) mass is 370 g/mol. The van der Waals surface area contributed by atoms with Crippen molar-refractivity contribution in [3.8, 4) is 0 Å². The molecular weight excluding hydrogens is 345 g/mol. The van der Waals surface area contributed by atoms with Crippen LogP contribution < -0.4 is 0 Å². The third-order valence-corrected chi connectivity index (χ3v) is 5.17. The number of aryl methyl sites for hydroxylation is 1. The molecule has 0 N–H and O–H groups in total. The first kappa shape index (κ1) is 19.5. The van der Waals surface area contributed by atoms with Gasteiger partial charge in [0.05, 0.1) is 0 Å². The maximum atomic E-state index is 16.0. The van der Waals surface area contributed by atoms with Gasteiger partial charge in [0.25, 0.3) is 0 Å². The fraction of sp³-hybridized carbons (Fsp3) is 0.333. The lowest BCUT2D eigenvalue weighted by Crippen LogP contribution is -2.24. The predicted molar refractivity (Wildman–Crippen MR) is 105 cm³/mol. The smallest absolute Gasteiger partial charge is 0.165 e. The van der Waals surface area contributed by atoms with E-state index in [0.717, 1.165) is 12.8 Å². The molecule has 0 bridgehead atoms. The van der Waals surface area contributed by atoms with E-state index in [4.69, 9.17) is 0 Å². The number of unbranched alkanes of at least 4 members (excludes halogenated alkanes) is 3. The van der Waals surface area contributed by atoms with Crippen molar-refractivity contribution in [1.82, 2.24) is 0 Å². The first-order valence-corrected chi connectivity index (χ1v) is 9.65. The average molecular weight is 370 g/mol. The second-order valence-corrected chi connectivity index (χ2v) is 7.17. The van der Waals surface area contributed by atoms with E-state index in [1.54, 1.807) is 12.1 Å². The summed E-state index contributed by atoms with van der Waals surface area (Å²) >= 11 is 0. The van der Waals surface area contributed by atoms with Gasteiger partial charge in [0.1, 0.15) is 11.6 Å². The molecule has 1 unspecified atom stereocenters. The summed E-state index contributed by atoms with van der Waals surface area (Å²) in [6.07, 6.45) is 8.16. The number of halogens is 3. The van der Waals surface area contributed by atoms with E-state index in [0.29, 0.717) is 11.1 Å². The lowest BCUT2D eigenvalue weighted by molar-refractivity contribution is 0.247. The Morgan fingerprint density at radius 1 is 0.889 bits per heavy atom. The molecule has 0 saturated carbocycles. The summed E-state index contributed by atoms with van der Waals surface area (Å²) in [5, 5.41) is 0. The van der Waals surface area contributed by atoms with Crippen LogP contribution in [0.4, 0.5) is 13.2 Å². The van der Waals surface area contributed by atoms with E-state index in [1.807, 2.05) is 12.1 Å². The van der Waals surface area contributed by atoms with Crippen LogP contribution >= 0.6 is 0 Å². The van der Waals surface area contributed by atoms with Gasteiger partial charge in [-0.05, 0) is 53.8 Å². The molecule has 2 aromatic carbocycles. The Balaban J connectivity index is 1.84. The van der Waals surface area contributed by atoms with E-state index in [2.05, 4.69) is 6.92 Å². The third-order valence-electron chi connectivity index (χ3n) is 5.17. The minimum absolute atomic E-state index is 0.0715. The topological polar surface area (TPSA) is 0 Å². The molecule has 0 aliphatic heterocycles. The molecular formula is C24H25F3. The van der Waals surface area contributed by atoms with Crippen LogP contribution in [-0.2, 0) is 12.1 Å². The Hall–Kier alpha value is -2.29.